The molecule has 0 N–H and O–H groups in total. The van der Waals surface area contributed by atoms with Crippen LogP contribution >= 0.6 is 0 Å². The lowest BCUT2D eigenvalue weighted by Gasteiger charge is -2.37. The van der Waals surface area contributed by atoms with E-state index < -0.39 is 5.60 Å². The predicted octanol–water partition coefficient (Wildman–Crippen LogP) is 6.38. The van der Waals surface area contributed by atoms with Gasteiger partial charge in [-0.15, -0.1) is 6.58 Å². The van der Waals surface area contributed by atoms with Crippen molar-refractivity contribution < 1.29 is 14.2 Å². The Bertz CT molecular complexity index is 745. The molecule has 0 aromatic heterocycles. The Kier molecular flexibility index (Phi) is 9.29. The van der Waals surface area contributed by atoms with Crippen molar-refractivity contribution in [3.63, 3.8) is 0 Å². The van der Waals surface area contributed by atoms with Gasteiger partial charge in [-0.2, -0.15) is 0 Å². The molecule has 3 unspecified atom stereocenters. The van der Waals surface area contributed by atoms with Crippen LogP contribution in [0, 0.1) is 5.92 Å². The van der Waals surface area contributed by atoms with Gasteiger partial charge in [-0.25, -0.2) is 0 Å². The molecule has 3 heteroatoms. The molecular formula is C27H38O3. The molecule has 3 atom stereocenters. The Hall–Kier alpha value is -1.94. The quantitative estimate of drug-likeness (QED) is 0.374. The third-order valence-corrected chi connectivity index (χ3v) is 5.83. The minimum atomic E-state index is -0.617. The van der Waals surface area contributed by atoms with E-state index >= 15 is 0 Å². The van der Waals surface area contributed by atoms with Crippen molar-refractivity contribution in [1.82, 2.24) is 0 Å². The fourth-order valence-corrected chi connectivity index (χ4v) is 3.78. The first-order chi connectivity index (χ1) is 14.4. The Morgan fingerprint density at radius 2 is 1.93 bits per heavy atom. The van der Waals surface area contributed by atoms with Gasteiger partial charge in [0.2, 0.25) is 0 Å². The number of allylic oxidation sites excluding steroid dienone is 4. The summed E-state index contributed by atoms with van der Waals surface area (Å²) >= 11 is 0. The average Bonchev–Trinajstić information content (AvgIpc) is 2.76. The molecule has 1 aliphatic rings. The van der Waals surface area contributed by atoms with Crippen LogP contribution in [0.5, 0.6) is 0 Å². The minimum Gasteiger partial charge on any atom is -0.374 e. The van der Waals surface area contributed by atoms with E-state index in [0.29, 0.717) is 12.5 Å². The van der Waals surface area contributed by atoms with Crippen molar-refractivity contribution in [2.75, 3.05) is 20.8 Å². The molecule has 0 fully saturated rings. The van der Waals surface area contributed by atoms with Gasteiger partial charge in [0.1, 0.15) is 11.7 Å². The van der Waals surface area contributed by atoms with E-state index in [0.717, 1.165) is 30.4 Å². The fraction of sp³-hybridized carbons (Fsp3) is 0.481. The Labute approximate surface area is 183 Å². The highest BCUT2D eigenvalue weighted by atomic mass is 16.5. The summed E-state index contributed by atoms with van der Waals surface area (Å²) in [5.74, 6) is 0.564. The van der Waals surface area contributed by atoms with Crippen molar-refractivity contribution in [3.05, 3.63) is 84.5 Å². The van der Waals surface area contributed by atoms with E-state index in [4.69, 9.17) is 14.2 Å². The molecular weight excluding hydrogens is 372 g/mol. The average molecular weight is 411 g/mol. The first kappa shape index (κ1) is 24.3. The summed E-state index contributed by atoms with van der Waals surface area (Å²) in [6.07, 6.45) is 15.6. The summed E-state index contributed by atoms with van der Waals surface area (Å²) in [7, 11) is 3.45. The van der Waals surface area contributed by atoms with Crippen molar-refractivity contribution in [3.8, 4) is 0 Å². The lowest BCUT2D eigenvalue weighted by molar-refractivity contribution is -0.0713. The maximum Gasteiger partial charge on any atom is 0.141 e. The van der Waals surface area contributed by atoms with Gasteiger partial charge in [-0.1, -0.05) is 68.0 Å². The van der Waals surface area contributed by atoms with E-state index in [9.17, 15) is 0 Å². The lowest BCUT2D eigenvalue weighted by atomic mass is 9.82. The molecule has 0 bridgehead atoms. The third kappa shape index (κ3) is 6.53. The summed E-state index contributed by atoms with van der Waals surface area (Å²) in [6, 6.07) is 10.2. The minimum absolute atomic E-state index is 0.129. The van der Waals surface area contributed by atoms with E-state index in [1.807, 2.05) is 24.3 Å². The van der Waals surface area contributed by atoms with Gasteiger partial charge in [0.05, 0.1) is 12.2 Å². The van der Waals surface area contributed by atoms with Gasteiger partial charge in [-0.05, 0) is 55.9 Å². The van der Waals surface area contributed by atoms with Crippen LogP contribution in [0.25, 0.3) is 0 Å². The fourth-order valence-electron chi connectivity index (χ4n) is 3.78. The van der Waals surface area contributed by atoms with Crippen molar-refractivity contribution in [2.24, 2.45) is 5.92 Å². The standard InChI is InChI=1S/C27H38O3/c1-7-22(2)13-11-18-26(3,4)30-20-12-14-23-17-19-27(29-6,25(21-23)28-5)24-15-9-8-10-16-24/h7-10,12,14-17,19,21-22,25H,1,11,13,18,20H2,2-6H3. The molecule has 3 nitrogen and oxygen atoms in total. The van der Waals surface area contributed by atoms with Crippen LogP contribution in [0.15, 0.2) is 78.9 Å². The Balaban J connectivity index is 1.95. The summed E-state index contributed by atoms with van der Waals surface area (Å²) in [5, 5.41) is 0. The second-order valence-electron chi connectivity index (χ2n) is 8.60. The van der Waals surface area contributed by atoms with Gasteiger partial charge < -0.3 is 14.2 Å². The van der Waals surface area contributed by atoms with Crippen molar-refractivity contribution in [2.45, 2.75) is 57.3 Å². The lowest BCUT2D eigenvalue weighted by Crippen LogP contribution is -2.41. The second kappa shape index (κ2) is 11.5. The summed E-state index contributed by atoms with van der Waals surface area (Å²) < 4.78 is 17.8. The molecule has 0 saturated carbocycles. The zero-order valence-corrected chi connectivity index (χ0v) is 19.3. The summed E-state index contributed by atoms with van der Waals surface area (Å²) in [4.78, 5) is 0. The molecule has 0 heterocycles. The molecule has 0 radical (unpaired) electrons. The SMILES string of the molecule is C=CC(C)CCCC(C)(C)OCC=CC1=CC(OC)C(OC)(c2ccccc2)C=C1. The third-order valence-electron chi connectivity index (χ3n) is 5.83. The van der Waals surface area contributed by atoms with Crippen molar-refractivity contribution >= 4 is 0 Å². The van der Waals surface area contributed by atoms with Crippen LogP contribution in [0.1, 0.15) is 45.6 Å². The molecule has 0 amide bonds. The van der Waals surface area contributed by atoms with Crippen LogP contribution in [-0.4, -0.2) is 32.5 Å². The Morgan fingerprint density at radius 1 is 1.20 bits per heavy atom. The highest BCUT2D eigenvalue weighted by molar-refractivity contribution is 5.43. The molecule has 30 heavy (non-hydrogen) atoms. The predicted molar refractivity (Wildman–Crippen MR) is 126 cm³/mol. The molecule has 164 valence electrons. The zero-order chi connectivity index (χ0) is 22.0. The van der Waals surface area contributed by atoms with Gasteiger partial charge >= 0.3 is 0 Å². The summed E-state index contributed by atoms with van der Waals surface area (Å²) in [5.41, 5.74) is 1.42. The number of hydrogen-bond acceptors (Lipinski definition) is 3. The van der Waals surface area contributed by atoms with Crippen LogP contribution < -0.4 is 0 Å². The van der Waals surface area contributed by atoms with Crippen LogP contribution in [0.3, 0.4) is 0 Å². The highest BCUT2D eigenvalue weighted by Crippen LogP contribution is 2.37. The molecule has 2 rings (SSSR count). The van der Waals surface area contributed by atoms with Crippen LogP contribution in [-0.2, 0) is 19.8 Å². The van der Waals surface area contributed by atoms with E-state index in [-0.39, 0.29) is 11.7 Å². The number of methoxy groups -OCH3 is 2. The smallest absolute Gasteiger partial charge is 0.141 e. The summed E-state index contributed by atoms with van der Waals surface area (Å²) in [6.45, 7) is 11.0. The van der Waals surface area contributed by atoms with Crippen LogP contribution in [0.4, 0.5) is 0 Å². The van der Waals surface area contributed by atoms with Gasteiger partial charge in [0, 0.05) is 14.2 Å². The number of benzene rings is 1. The largest absolute Gasteiger partial charge is 0.374 e. The molecule has 0 aliphatic heterocycles. The normalized spacial score (nSPS) is 22.8. The van der Waals surface area contributed by atoms with Gasteiger partial charge in [0.15, 0.2) is 0 Å². The number of ether oxygens (including phenoxy) is 3. The molecule has 0 spiro atoms. The van der Waals surface area contributed by atoms with E-state index in [2.05, 4.69) is 69.9 Å². The second-order valence-corrected chi connectivity index (χ2v) is 8.60. The molecule has 1 aromatic carbocycles. The highest BCUT2D eigenvalue weighted by Gasteiger charge is 2.39. The maximum absolute atomic E-state index is 6.10. The Morgan fingerprint density at radius 3 is 2.57 bits per heavy atom. The maximum atomic E-state index is 6.10. The molecule has 1 aromatic rings. The van der Waals surface area contributed by atoms with Crippen LogP contribution in [0.2, 0.25) is 0 Å². The molecule has 0 saturated heterocycles. The van der Waals surface area contributed by atoms with E-state index in [1.165, 1.54) is 0 Å². The zero-order valence-electron chi connectivity index (χ0n) is 19.3. The molecule has 1 aliphatic carbocycles. The topological polar surface area (TPSA) is 27.7 Å². The number of rotatable bonds is 12. The first-order valence-electron chi connectivity index (χ1n) is 10.8. The first-order valence-corrected chi connectivity index (χ1v) is 10.8. The van der Waals surface area contributed by atoms with E-state index in [1.54, 1.807) is 14.2 Å². The van der Waals surface area contributed by atoms with Gasteiger partial charge in [0.25, 0.3) is 0 Å². The van der Waals surface area contributed by atoms with Crippen molar-refractivity contribution in [1.29, 1.82) is 0 Å². The monoisotopic (exact) mass is 410 g/mol. The van der Waals surface area contributed by atoms with Gasteiger partial charge in [-0.3, -0.25) is 0 Å². The number of hydrogen-bond donors (Lipinski definition) is 0.